The van der Waals surface area contributed by atoms with Crippen molar-refractivity contribution < 1.29 is 14.3 Å². The molecule has 2 aromatic rings. The van der Waals surface area contributed by atoms with Crippen molar-refractivity contribution in [3.63, 3.8) is 0 Å². The van der Waals surface area contributed by atoms with Crippen LogP contribution in [0.25, 0.3) is 0 Å². The number of para-hydroxylation sites is 2. The molecule has 1 saturated heterocycles. The average Bonchev–Trinajstić information content (AvgIpc) is 3.10. The Hall–Kier alpha value is -2.86. The van der Waals surface area contributed by atoms with Gasteiger partial charge in [-0.2, -0.15) is 0 Å². The van der Waals surface area contributed by atoms with E-state index in [0.29, 0.717) is 30.6 Å². The predicted molar refractivity (Wildman–Crippen MR) is 149 cm³/mol. The number of nitrogens with zero attached hydrogens (tertiary/aromatic N) is 3. The Kier molecular flexibility index (Phi) is 8.91. The van der Waals surface area contributed by atoms with Gasteiger partial charge >= 0.3 is 0 Å². The number of carbonyl (C=O) groups is 2. The van der Waals surface area contributed by atoms with Crippen LogP contribution in [0, 0.1) is 12.3 Å². The Morgan fingerprint density at radius 2 is 1.73 bits per heavy atom. The molecule has 0 spiro atoms. The maximum atomic E-state index is 13.4. The molecule has 6 heteroatoms. The van der Waals surface area contributed by atoms with Gasteiger partial charge < -0.3 is 14.5 Å². The lowest BCUT2D eigenvalue weighted by Gasteiger charge is -2.36. The number of amides is 2. The molecule has 2 aromatic carbocycles. The first-order valence-corrected chi connectivity index (χ1v) is 13.8. The van der Waals surface area contributed by atoms with Crippen molar-refractivity contribution in [2.45, 2.75) is 59.8 Å². The summed E-state index contributed by atoms with van der Waals surface area (Å²) in [5.74, 6) is 1.03. The Balaban J connectivity index is 1.27. The summed E-state index contributed by atoms with van der Waals surface area (Å²) in [5.41, 5.74) is 4.18. The molecule has 1 fully saturated rings. The van der Waals surface area contributed by atoms with Gasteiger partial charge in [-0.25, -0.2) is 0 Å². The Bertz CT molecular complexity index is 1080. The van der Waals surface area contributed by atoms with Gasteiger partial charge in [0.15, 0.2) is 0 Å². The maximum Gasteiger partial charge on any atom is 0.258 e. The number of hydrogen-bond acceptors (Lipinski definition) is 4. The molecule has 0 N–H and O–H groups in total. The highest BCUT2D eigenvalue weighted by Gasteiger charge is 2.24. The third kappa shape index (κ3) is 7.35. The summed E-state index contributed by atoms with van der Waals surface area (Å²) in [7, 11) is 0. The Morgan fingerprint density at radius 3 is 2.46 bits per heavy atom. The molecule has 0 aliphatic carbocycles. The average molecular weight is 506 g/mol. The first kappa shape index (κ1) is 27.2. The van der Waals surface area contributed by atoms with Crippen molar-refractivity contribution in [1.29, 1.82) is 0 Å². The molecule has 0 saturated carbocycles. The number of benzene rings is 2. The molecule has 2 aliphatic heterocycles. The molecular weight excluding hydrogens is 462 g/mol. The van der Waals surface area contributed by atoms with Crippen LogP contribution in [-0.4, -0.2) is 67.5 Å². The molecule has 37 heavy (non-hydrogen) atoms. The van der Waals surface area contributed by atoms with Crippen LogP contribution in [0.2, 0.25) is 0 Å². The molecule has 2 aliphatic rings. The topological polar surface area (TPSA) is 53.1 Å². The molecule has 0 bridgehead atoms. The number of anilines is 1. The van der Waals surface area contributed by atoms with Crippen LogP contribution in [0.15, 0.2) is 42.5 Å². The lowest BCUT2D eigenvalue weighted by molar-refractivity contribution is -0.133. The summed E-state index contributed by atoms with van der Waals surface area (Å²) in [6.45, 7) is 14.9. The fourth-order valence-corrected chi connectivity index (χ4v) is 5.11. The molecule has 0 radical (unpaired) electrons. The molecule has 0 unspecified atom stereocenters. The van der Waals surface area contributed by atoms with E-state index in [1.165, 1.54) is 12.0 Å². The van der Waals surface area contributed by atoms with Crippen molar-refractivity contribution in [3.05, 3.63) is 59.2 Å². The summed E-state index contributed by atoms with van der Waals surface area (Å²) in [4.78, 5) is 32.5. The molecule has 2 heterocycles. The highest BCUT2D eigenvalue weighted by atomic mass is 16.5. The van der Waals surface area contributed by atoms with Crippen LogP contribution in [0.5, 0.6) is 5.75 Å². The molecule has 0 aromatic heterocycles. The van der Waals surface area contributed by atoms with Gasteiger partial charge in [0, 0.05) is 44.7 Å². The fourth-order valence-electron chi connectivity index (χ4n) is 5.11. The third-order valence-electron chi connectivity index (χ3n) is 7.51. The highest BCUT2D eigenvalue weighted by Crippen LogP contribution is 2.32. The van der Waals surface area contributed by atoms with Gasteiger partial charge in [0.2, 0.25) is 5.91 Å². The SMILES string of the molecule is Cc1cc(C(=O)N2CCCOc3ccccc32)ccc1CCCC(=O)N1CCN(CCC(C)(C)C)CC1. The van der Waals surface area contributed by atoms with Gasteiger partial charge in [-0.3, -0.25) is 14.5 Å². The van der Waals surface area contributed by atoms with Gasteiger partial charge in [0.1, 0.15) is 5.75 Å². The minimum absolute atomic E-state index is 0.00409. The molecule has 0 atom stereocenters. The first-order chi connectivity index (χ1) is 17.7. The number of hydrogen-bond donors (Lipinski definition) is 0. The quantitative estimate of drug-likeness (QED) is 0.511. The van der Waals surface area contributed by atoms with E-state index in [0.717, 1.165) is 69.0 Å². The first-order valence-electron chi connectivity index (χ1n) is 13.8. The summed E-state index contributed by atoms with van der Waals surface area (Å²) in [6.07, 6.45) is 4.24. The molecule has 2 amide bonds. The van der Waals surface area contributed by atoms with Crippen molar-refractivity contribution in [3.8, 4) is 5.75 Å². The number of rotatable bonds is 7. The van der Waals surface area contributed by atoms with Crippen LogP contribution >= 0.6 is 0 Å². The van der Waals surface area contributed by atoms with E-state index in [4.69, 9.17) is 4.74 Å². The van der Waals surface area contributed by atoms with Crippen molar-refractivity contribution in [2.75, 3.05) is 50.8 Å². The summed E-state index contributed by atoms with van der Waals surface area (Å²) >= 11 is 0. The van der Waals surface area contributed by atoms with E-state index in [2.05, 4.69) is 38.7 Å². The number of fused-ring (bicyclic) bond motifs is 1. The predicted octanol–water partition coefficient (Wildman–Crippen LogP) is 5.33. The van der Waals surface area contributed by atoms with Crippen molar-refractivity contribution in [1.82, 2.24) is 9.80 Å². The lowest BCUT2D eigenvalue weighted by atomic mass is 9.92. The minimum atomic E-state index is 0.00409. The molecule has 200 valence electrons. The monoisotopic (exact) mass is 505 g/mol. The second kappa shape index (κ2) is 12.1. The second-order valence-electron chi connectivity index (χ2n) is 11.7. The van der Waals surface area contributed by atoms with E-state index in [-0.39, 0.29) is 11.8 Å². The highest BCUT2D eigenvalue weighted by molar-refractivity contribution is 6.07. The van der Waals surface area contributed by atoms with Crippen LogP contribution in [0.4, 0.5) is 5.69 Å². The summed E-state index contributed by atoms with van der Waals surface area (Å²) < 4.78 is 5.82. The van der Waals surface area contributed by atoms with Crippen LogP contribution in [0.1, 0.15) is 67.9 Å². The zero-order chi connectivity index (χ0) is 26.4. The molecular formula is C31H43N3O3. The summed E-state index contributed by atoms with van der Waals surface area (Å²) in [6, 6.07) is 13.7. The van der Waals surface area contributed by atoms with E-state index in [1.54, 1.807) is 0 Å². The largest absolute Gasteiger partial charge is 0.491 e. The zero-order valence-electron chi connectivity index (χ0n) is 23.1. The van der Waals surface area contributed by atoms with Crippen LogP contribution in [-0.2, 0) is 11.2 Å². The van der Waals surface area contributed by atoms with Gasteiger partial charge in [-0.15, -0.1) is 0 Å². The second-order valence-corrected chi connectivity index (χ2v) is 11.7. The summed E-state index contributed by atoms with van der Waals surface area (Å²) in [5, 5.41) is 0. The van der Waals surface area contributed by atoms with Crippen molar-refractivity contribution >= 4 is 17.5 Å². The Morgan fingerprint density at radius 1 is 0.973 bits per heavy atom. The van der Waals surface area contributed by atoms with E-state index < -0.39 is 0 Å². The van der Waals surface area contributed by atoms with E-state index >= 15 is 0 Å². The zero-order valence-corrected chi connectivity index (χ0v) is 23.1. The Labute approximate surface area is 222 Å². The minimum Gasteiger partial charge on any atom is -0.491 e. The van der Waals surface area contributed by atoms with Gasteiger partial charge in [-0.1, -0.05) is 39.0 Å². The fraction of sp³-hybridized carbons (Fsp3) is 0.548. The lowest BCUT2D eigenvalue weighted by Crippen LogP contribution is -2.49. The number of aryl methyl sites for hydroxylation is 2. The van der Waals surface area contributed by atoms with Gasteiger partial charge in [0.05, 0.1) is 12.3 Å². The van der Waals surface area contributed by atoms with E-state index in [1.807, 2.05) is 46.2 Å². The number of ether oxygens (including phenoxy) is 1. The maximum absolute atomic E-state index is 13.4. The van der Waals surface area contributed by atoms with Gasteiger partial charge in [0.25, 0.3) is 5.91 Å². The van der Waals surface area contributed by atoms with Crippen LogP contribution < -0.4 is 9.64 Å². The van der Waals surface area contributed by atoms with E-state index in [9.17, 15) is 9.59 Å². The van der Waals surface area contributed by atoms with Crippen molar-refractivity contribution in [2.24, 2.45) is 5.41 Å². The number of carbonyl (C=O) groups excluding carboxylic acids is 2. The molecule has 4 rings (SSSR count). The standard InChI is InChI=1S/C31H43N3O3/c1-24-23-26(30(36)34-16-8-22-37-28-11-6-5-10-27(28)34)14-13-25(24)9-7-12-29(35)33-20-18-32(19-21-33)17-15-31(2,3)4/h5-6,10-11,13-14,23H,7-9,12,15-22H2,1-4H3. The number of piperazine rings is 1. The molecule has 6 nitrogen and oxygen atoms in total. The normalized spacial score (nSPS) is 16.6. The van der Waals surface area contributed by atoms with Crippen LogP contribution in [0.3, 0.4) is 0 Å². The smallest absolute Gasteiger partial charge is 0.258 e. The third-order valence-corrected chi connectivity index (χ3v) is 7.51. The van der Waals surface area contributed by atoms with Gasteiger partial charge in [-0.05, 0) is 80.0 Å².